The maximum Gasteiger partial charge on any atom is 0.265 e. The van der Waals surface area contributed by atoms with E-state index in [1.807, 2.05) is 6.07 Å². The van der Waals surface area contributed by atoms with E-state index in [9.17, 15) is 23.2 Å². The quantitative estimate of drug-likeness (QED) is 0.590. The lowest BCUT2D eigenvalue weighted by Gasteiger charge is -2.38. The van der Waals surface area contributed by atoms with Crippen molar-refractivity contribution in [2.75, 3.05) is 4.31 Å². The van der Waals surface area contributed by atoms with Crippen molar-refractivity contribution in [1.82, 2.24) is 0 Å². The van der Waals surface area contributed by atoms with Gasteiger partial charge >= 0.3 is 0 Å². The van der Waals surface area contributed by atoms with Crippen molar-refractivity contribution in [3.05, 3.63) is 112 Å². The first-order valence-electron chi connectivity index (χ1n) is 10.3. The van der Waals surface area contributed by atoms with Gasteiger partial charge in [-0.05, 0) is 47.5 Å². The molecule has 0 bridgehead atoms. The summed E-state index contributed by atoms with van der Waals surface area (Å²) in [5, 5.41) is 19.9. The highest BCUT2D eigenvalue weighted by Gasteiger charge is 2.47. The van der Waals surface area contributed by atoms with Gasteiger partial charge in [0, 0.05) is 5.56 Å². The molecule has 9 heteroatoms. The molecule has 170 valence electrons. The first kappa shape index (κ1) is 21.6. The summed E-state index contributed by atoms with van der Waals surface area (Å²) < 4.78 is 48.6. The number of halogens is 1. The molecule has 0 unspecified atom stereocenters. The third-order valence-corrected chi connectivity index (χ3v) is 7.68. The number of ether oxygens (including phenoxy) is 1. The average molecular weight is 476 g/mol. The standard InChI is InChI=1S/C25H18FN3O4S/c26-17-10-8-15(9-11-17)14-29-21-7-2-1-6-19(21)23-24(34(29,31)32)22(20(13-27)25(28)33-23)16-4-3-5-18(30)12-16/h1-12,22,30H,14,28H2/t22-/m1/s1. The van der Waals surface area contributed by atoms with Crippen molar-refractivity contribution in [2.45, 2.75) is 12.5 Å². The van der Waals surface area contributed by atoms with Gasteiger partial charge < -0.3 is 15.6 Å². The van der Waals surface area contributed by atoms with Crippen LogP contribution in [0.2, 0.25) is 0 Å². The summed E-state index contributed by atoms with van der Waals surface area (Å²) in [6.07, 6.45) is 0. The van der Waals surface area contributed by atoms with Crippen molar-refractivity contribution in [2.24, 2.45) is 5.73 Å². The maximum absolute atomic E-state index is 14.1. The Bertz CT molecular complexity index is 1520. The Kier molecular flexibility index (Phi) is 5.03. The molecular weight excluding hydrogens is 457 g/mol. The largest absolute Gasteiger partial charge is 0.508 e. The summed E-state index contributed by atoms with van der Waals surface area (Å²) in [7, 11) is -4.25. The number of nitrogens with zero attached hydrogens (tertiary/aromatic N) is 2. The van der Waals surface area contributed by atoms with Gasteiger partial charge in [-0.3, -0.25) is 4.31 Å². The molecule has 3 aromatic rings. The number of hydrogen-bond donors (Lipinski definition) is 2. The molecule has 0 radical (unpaired) electrons. The summed E-state index contributed by atoms with van der Waals surface area (Å²) >= 11 is 0. The molecular formula is C25H18FN3O4S. The molecule has 34 heavy (non-hydrogen) atoms. The molecule has 0 saturated heterocycles. The minimum absolute atomic E-state index is 0.0378. The number of para-hydroxylation sites is 1. The Morgan fingerprint density at radius 2 is 1.82 bits per heavy atom. The van der Waals surface area contributed by atoms with E-state index in [4.69, 9.17) is 10.5 Å². The fourth-order valence-corrected chi connectivity index (χ4v) is 6.18. The van der Waals surface area contributed by atoms with Gasteiger partial charge in [-0.25, -0.2) is 12.8 Å². The Balaban J connectivity index is 1.76. The van der Waals surface area contributed by atoms with Gasteiger partial charge in [-0.15, -0.1) is 0 Å². The molecule has 2 aliphatic heterocycles. The van der Waals surface area contributed by atoms with Crippen molar-refractivity contribution in [1.29, 1.82) is 5.26 Å². The van der Waals surface area contributed by atoms with Crippen LogP contribution in [-0.4, -0.2) is 13.5 Å². The van der Waals surface area contributed by atoms with Gasteiger partial charge in [-0.1, -0.05) is 36.4 Å². The zero-order chi connectivity index (χ0) is 24.0. The summed E-state index contributed by atoms with van der Waals surface area (Å²) in [6.45, 7) is -0.0652. The Hall–Kier alpha value is -4.29. The monoisotopic (exact) mass is 475 g/mol. The molecule has 0 saturated carbocycles. The van der Waals surface area contributed by atoms with Crippen LogP contribution in [0.25, 0.3) is 5.76 Å². The van der Waals surface area contributed by atoms with Crippen LogP contribution in [0, 0.1) is 17.1 Å². The number of phenols is 1. The molecule has 1 atom stereocenters. The number of hydrogen-bond acceptors (Lipinski definition) is 6. The van der Waals surface area contributed by atoms with Crippen LogP contribution in [0.15, 0.2) is 89.2 Å². The number of phenolic OH excluding ortho intramolecular Hbond substituents is 1. The SMILES string of the molecule is N#CC1=C(N)OC2=C([C@@H]1c1cccc(O)c1)S(=O)(=O)N(Cc1ccc(F)cc1)c1ccccc12. The van der Waals surface area contributed by atoms with Gasteiger partial charge in [0.2, 0.25) is 5.88 Å². The molecule has 0 fully saturated rings. The second-order valence-corrected chi connectivity index (χ2v) is 9.70. The number of benzene rings is 3. The van der Waals surface area contributed by atoms with Crippen molar-refractivity contribution in [3.8, 4) is 11.8 Å². The van der Waals surface area contributed by atoms with E-state index in [2.05, 4.69) is 0 Å². The van der Waals surface area contributed by atoms with E-state index in [-0.39, 0.29) is 34.4 Å². The zero-order valence-corrected chi connectivity index (χ0v) is 18.5. The van der Waals surface area contributed by atoms with E-state index in [0.29, 0.717) is 22.4 Å². The van der Waals surface area contributed by atoms with Crippen LogP contribution in [0.5, 0.6) is 5.75 Å². The van der Waals surface area contributed by atoms with E-state index in [0.717, 1.165) is 0 Å². The number of fused-ring (bicyclic) bond motifs is 2. The van der Waals surface area contributed by atoms with Gasteiger partial charge in [0.15, 0.2) is 5.76 Å². The lowest BCUT2D eigenvalue weighted by molar-refractivity contribution is 0.357. The van der Waals surface area contributed by atoms with E-state index < -0.39 is 21.8 Å². The molecule has 0 aliphatic carbocycles. The van der Waals surface area contributed by atoms with Crippen LogP contribution in [0.3, 0.4) is 0 Å². The molecule has 5 rings (SSSR count). The highest BCUT2D eigenvalue weighted by Crippen LogP contribution is 2.51. The highest BCUT2D eigenvalue weighted by molar-refractivity contribution is 7.96. The number of aromatic hydroxyl groups is 1. The van der Waals surface area contributed by atoms with Crippen LogP contribution in [0.1, 0.15) is 22.6 Å². The second-order valence-electron chi connectivity index (χ2n) is 7.87. The summed E-state index contributed by atoms with van der Waals surface area (Å²) in [6, 6.07) is 20.3. The predicted octanol–water partition coefficient (Wildman–Crippen LogP) is 4.06. The van der Waals surface area contributed by atoms with Gasteiger partial charge in [-0.2, -0.15) is 5.26 Å². The molecule has 3 aromatic carbocycles. The lowest BCUT2D eigenvalue weighted by Crippen LogP contribution is -2.39. The Morgan fingerprint density at radius 3 is 2.53 bits per heavy atom. The summed E-state index contributed by atoms with van der Waals surface area (Å²) in [4.78, 5) is -0.148. The number of nitriles is 1. The first-order chi connectivity index (χ1) is 16.3. The molecule has 0 aromatic heterocycles. The third-order valence-electron chi connectivity index (χ3n) is 5.80. The zero-order valence-electron chi connectivity index (χ0n) is 17.6. The summed E-state index contributed by atoms with van der Waals surface area (Å²) in [5.74, 6) is -1.77. The number of anilines is 1. The minimum atomic E-state index is -4.25. The molecule has 2 aliphatic rings. The minimum Gasteiger partial charge on any atom is -0.508 e. The Labute approximate surface area is 195 Å². The fourth-order valence-electron chi connectivity index (χ4n) is 4.27. The topological polar surface area (TPSA) is 117 Å². The van der Waals surface area contributed by atoms with Crippen molar-refractivity contribution >= 4 is 21.5 Å². The molecule has 7 nitrogen and oxygen atoms in total. The van der Waals surface area contributed by atoms with Crippen molar-refractivity contribution in [3.63, 3.8) is 0 Å². The van der Waals surface area contributed by atoms with Gasteiger partial charge in [0.25, 0.3) is 10.0 Å². The third kappa shape index (κ3) is 3.36. The first-order valence-corrected chi connectivity index (χ1v) is 11.7. The van der Waals surface area contributed by atoms with Gasteiger partial charge in [0.05, 0.1) is 18.2 Å². The smallest absolute Gasteiger partial charge is 0.265 e. The van der Waals surface area contributed by atoms with E-state index in [1.165, 1.54) is 40.7 Å². The highest BCUT2D eigenvalue weighted by atomic mass is 32.2. The number of nitrogens with two attached hydrogens (primary N) is 1. The normalized spacial score (nSPS) is 18.6. The number of sulfonamides is 1. The van der Waals surface area contributed by atoms with Gasteiger partial charge in [0.1, 0.15) is 28.1 Å². The average Bonchev–Trinajstić information content (AvgIpc) is 2.82. The lowest BCUT2D eigenvalue weighted by atomic mass is 9.88. The van der Waals surface area contributed by atoms with Crippen LogP contribution in [0.4, 0.5) is 10.1 Å². The van der Waals surface area contributed by atoms with Crippen LogP contribution < -0.4 is 10.0 Å². The second kappa shape index (κ2) is 7.93. The molecule has 3 N–H and O–H groups in total. The molecule has 0 amide bonds. The maximum atomic E-state index is 14.1. The summed E-state index contributed by atoms with van der Waals surface area (Å²) in [5.41, 5.74) is 7.80. The number of rotatable bonds is 3. The van der Waals surface area contributed by atoms with Crippen LogP contribution >= 0.6 is 0 Å². The predicted molar refractivity (Wildman–Crippen MR) is 124 cm³/mol. The van der Waals surface area contributed by atoms with E-state index >= 15 is 0 Å². The molecule has 2 heterocycles. The number of allylic oxidation sites excluding steroid dienone is 2. The fraction of sp³-hybridized carbons (Fsp3) is 0.0800. The van der Waals surface area contributed by atoms with E-state index in [1.54, 1.807) is 36.4 Å². The Morgan fingerprint density at radius 1 is 1.09 bits per heavy atom. The van der Waals surface area contributed by atoms with Crippen molar-refractivity contribution < 1.29 is 22.7 Å². The molecule has 0 spiro atoms. The van der Waals surface area contributed by atoms with Crippen LogP contribution in [-0.2, 0) is 21.3 Å².